The lowest BCUT2D eigenvalue weighted by molar-refractivity contribution is -0.136. The lowest BCUT2D eigenvalue weighted by Gasteiger charge is -2.33. The summed E-state index contributed by atoms with van der Waals surface area (Å²) in [5.74, 6) is -0.703. The molecule has 2 amide bonds. The maximum Gasteiger partial charge on any atom is 0.249 e. The summed E-state index contributed by atoms with van der Waals surface area (Å²) in [7, 11) is 0. The number of carbonyl (C=O) groups excluding carboxylic acids is 2. The fourth-order valence-corrected chi connectivity index (χ4v) is 3.15. The maximum absolute atomic E-state index is 12.9. The molecule has 0 saturated carbocycles. The number of amides is 2. The smallest absolute Gasteiger partial charge is 0.249 e. The van der Waals surface area contributed by atoms with E-state index in [0.29, 0.717) is 25.9 Å². The summed E-state index contributed by atoms with van der Waals surface area (Å²) >= 11 is 1.68. The van der Waals surface area contributed by atoms with Crippen LogP contribution in [0.5, 0.6) is 0 Å². The second-order valence-corrected chi connectivity index (χ2v) is 6.79. The van der Waals surface area contributed by atoms with E-state index in [4.69, 9.17) is 0 Å². The SMILES string of the molecule is CSc1ccc(CCC(=O)N2CCN(c3ncc(F)cn3)C(=O)C2)cc1. The highest BCUT2D eigenvalue weighted by Crippen LogP contribution is 2.17. The molecular formula is C18H19FN4O2S. The van der Waals surface area contributed by atoms with E-state index >= 15 is 0 Å². The van der Waals surface area contributed by atoms with Crippen molar-refractivity contribution >= 4 is 29.5 Å². The number of thioether (sulfide) groups is 1. The summed E-state index contributed by atoms with van der Waals surface area (Å²) in [6, 6.07) is 8.12. The summed E-state index contributed by atoms with van der Waals surface area (Å²) in [6.45, 7) is 0.709. The molecule has 2 heterocycles. The van der Waals surface area contributed by atoms with Crippen LogP contribution in [-0.2, 0) is 16.0 Å². The standard InChI is InChI=1S/C18H19FN4O2S/c1-26-15-5-2-13(3-6-15)4-7-16(24)22-8-9-23(17(25)12-22)18-20-10-14(19)11-21-18/h2-3,5-6,10-11H,4,7-9,12H2,1H3. The van der Waals surface area contributed by atoms with Gasteiger partial charge in [0.2, 0.25) is 17.8 Å². The first-order valence-corrected chi connectivity index (χ1v) is 9.48. The van der Waals surface area contributed by atoms with Crippen molar-refractivity contribution in [2.75, 3.05) is 30.8 Å². The third-order valence-corrected chi connectivity index (χ3v) is 4.95. The fourth-order valence-electron chi connectivity index (χ4n) is 2.74. The molecule has 2 aromatic rings. The number of piperazine rings is 1. The number of carbonyl (C=O) groups is 2. The molecule has 26 heavy (non-hydrogen) atoms. The highest BCUT2D eigenvalue weighted by molar-refractivity contribution is 7.98. The van der Waals surface area contributed by atoms with E-state index in [2.05, 4.69) is 9.97 Å². The molecule has 0 spiro atoms. The molecule has 1 saturated heterocycles. The summed E-state index contributed by atoms with van der Waals surface area (Å²) in [6.07, 6.45) is 5.07. The number of aryl methyl sites for hydroxylation is 1. The Morgan fingerprint density at radius 3 is 2.50 bits per heavy atom. The van der Waals surface area contributed by atoms with Gasteiger partial charge in [-0.05, 0) is 30.4 Å². The van der Waals surface area contributed by atoms with E-state index in [1.54, 1.807) is 16.7 Å². The summed E-state index contributed by atoms with van der Waals surface area (Å²) in [5, 5.41) is 0. The minimum absolute atomic E-state index is 0.00895. The Kier molecular flexibility index (Phi) is 5.82. The molecule has 136 valence electrons. The average molecular weight is 374 g/mol. The van der Waals surface area contributed by atoms with Gasteiger partial charge < -0.3 is 4.90 Å². The Bertz CT molecular complexity index is 783. The van der Waals surface area contributed by atoms with Crippen LogP contribution in [0.15, 0.2) is 41.6 Å². The van der Waals surface area contributed by atoms with Crippen LogP contribution in [0.25, 0.3) is 0 Å². The Morgan fingerprint density at radius 1 is 1.19 bits per heavy atom. The lowest BCUT2D eigenvalue weighted by Crippen LogP contribution is -2.53. The van der Waals surface area contributed by atoms with Gasteiger partial charge in [0.15, 0.2) is 5.82 Å². The number of anilines is 1. The van der Waals surface area contributed by atoms with Crippen LogP contribution in [0.4, 0.5) is 10.3 Å². The van der Waals surface area contributed by atoms with Crippen LogP contribution in [0.3, 0.4) is 0 Å². The van der Waals surface area contributed by atoms with Gasteiger partial charge in [-0.1, -0.05) is 12.1 Å². The van der Waals surface area contributed by atoms with Gasteiger partial charge in [0, 0.05) is 24.4 Å². The summed E-state index contributed by atoms with van der Waals surface area (Å²) in [4.78, 5) is 36.5. The molecule has 1 aliphatic heterocycles. The van der Waals surface area contributed by atoms with Gasteiger partial charge in [0.05, 0.1) is 12.4 Å². The molecule has 1 aliphatic rings. The first-order valence-electron chi connectivity index (χ1n) is 8.25. The predicted molar refractivity (Wildman–Crippen MR) is 97.5 cm³/mol. The normalized spacial score (nSPS) is 14.6. The van der Waals surface area contributed by atoms with E-state index in [1.807, 2.05) is 30.5 Å². The zero-order valence-corrected chi connectivity index (χ0v) is 15.2. The number of halogens is 1. The monoisotopic (exact) mass is 374 g/mol. The molecule has 0 N–H and O–H groups in total. The molecule has 6 nitrogen and oxygen atoms in total. The van der Waals surface area contributed by atoms with Gasteiger partial charge in [0.25, 0.3) is 0 Å². The second-order valence-electron chi connectivity index (χ2n) is 5.91. The van der Waals surface area contributed by atoms with Crippen molar-refractivity contribution < 1.29 is 14.0 Å². The Labute approximate surface area is 155 Å². The highest BCUT2D eigenvalue weighted by Gasteiger charge is 2.29. The first-order chi connectivity index (χ1) is 12.6. The molecule has 0 bridgehead atoms. The van der Waals surface area contributed by atoms with Crippen LogP contribution < -0.4 is 4.90 Å². The Balaban J connectivity index is 1.53. The third kappa shape index (κ3) is 4.37. The Morgan fingerprint density at radius 2 is 1.88 bits per heavy atom. The van der Waals surface area contributed by atoms with Crippen molar-refractivity contribution in [3.05, 3.63) is 48.0 Å². The van der Waals surface area contributed by atoms with Crippen molar-refractivity contribution in [3.8, 4) is 0 Å². The number of hydrogen-bond donors (Lipinski definition) is 0. The van der Waals surface area contributed by atoms with Crippen LogP contribution in [-0.4, -0.2) is 52.6 Å². The van der Waals surface area contributed by atoms with E-state index < -0.39 is 5.82 Å². The molecule has 0 aliphatic carbocycles. The van der Waals surface area contributed by atoms with E-state index in [1.165, 1.54) is 9.80 Å². The van der Waals surface area contributed by atoms with Crippen molar-refractivity contribution in [2.45, 2.75) is 17.7 Å². The van der Waals surface area contributed by atoms with Gasteiger partial charge in [-0.15, -0.1) is 11.8 Å². The summed E-state index contributed by atoms with van der Waals surface area (Å²) in [5.41, 5.74) is 1.10. The maximum atomic E-state index is 12.9. The number of nitrogens with zero attached hydrogens (tertiary/aromatic N) is 4. The van der Waals surface area contributed by atoms with Crippen LogP contribution in [0.2, 0.25) is 0 Å². The van der Waals surface area contributed by atoms with Crippen molar-refractivity contribution in [1.82, 2.24) is 14.9 Å². The highest BCUT2D eigenvalue weighted by atomic mass is 32.2. The Hall–Kier alpha value is -2.48. The molecule has 1 fully saturated rings. The van der Waals surface area contributed by atoms with Crippen LogP contribution in [0.1, 0.15) is 12.0 Å². The van der Waals surface area contributed by atoms with Gasteiger partial charge >= 0.3 is 0 Å². The number of rotatable bonds is 5. The van der Waals surface area contributed by atoms with Gasteiger partial charge in [0.1, 0.15) is 6.54 Å². The minimum atomic E-state index is -0.555. The molecule has 1 aromatic carbocycles. The molecular weight excluding hydrogens is 355 g/mol. The largest absolute Gasteiger partial charge is 0.332 e. The van der Waals surface area contributed by atoms with E-state index in [9.17, 15) is 14.0 Å². The predicted octanol–water partition coefficient (Wildman–Crippen LogP) is 2.15. The number of aromatic nitrogens is 2. The van der Waals surface area contributed by atoms with Crippen LogP contribution in [0, 0.1) is 5.82 Å². The first kappa shape index (κ1) is 18.3. The zero-order chi connectivity index (χ0) is 18.5. The molecule has 0 atom stereocenters. The van der Waals surface area contributed by atoms with E-state index in [0.717, 1.165) is 18.0 Å². The number of hydrogen-bond acceptors (Lipinski definition) is 5. The molecule has 0 unspecified atom stereocenters. The number of benzene rings is 1. The second kappa shape index (κ2) is 8.27. The molecule has 0 radical (unpaired) electrons. The zero-order valence-electron chi connectivity index (χ0n) is 14.4. The van der Waals surface area contributed by atoms with Gasteiger partial charge in [-0.25, -0.2) is 14.4 Å². The van der Waals surface area contributed by atoms with Crippen molar-refractivity contribution in [2.24, 2.45) is 0 Å². The summed E-state index contributed by atoms with van der Waals surface area (Å²) < 4.78 is 12.9. The minimum Gasteiger partial charge on any atom is -0.332 e. The fraction of sp³-hybridized carbons (Fsp3) is 0.333. The average Bonchev–Trinajstić information content (AvgIpc) is 2.67. The van der Waals surface area contributed by atoms with Crippen molar-refractivity contribution in [1.29, 1.82) is 0 Å². The molecule has 1 aromatic heterocycles. The topological polar surface area (TPSA) is 66.4 Å². The molecule has 3 rings (SSSR count). The quantitative estimate of drug-likeness (QED) is 0.751. The van der Waals surface area contributed by atoms with Gasteiger partial charge in [-0.3, -0.25) is 14.5 Å². The van der Waals surface area contributed by atoms with E-state index in [-0.39, 0.29) is 24.3 Å². The van der Waals surface area contributed by atoms with Gasteiger partial charge in [-0.2, -0.15) is 0 Å². The lowest BCUT2D eigenvalue weighted by atomic mass is 10.1. The van der Waals surface area contributed by atoms with Crippen molar-refractivity contribution in [3.63, 3.8) is 0 Å². The molecule has 8 heteroatoms. The van der Waals surface area contributed by atoms with Crippen LogP contribution >= 0.6 is 11.8 Å². The third-order valence-electron chi connectivity index (χ3n) is 4.21.